The lowest BCUT2D eigenvalue weighted by molar-refractivity contribution is -0.155. The normalized spacial score (nSPS) is 21.5. The second kappa shape index (κ2) is 7.08. The highest BCUT2D eigenvalue weighted by Crippen LogP contribution is 2.31. The Bertz CT molecular complexity index is 959. The van der Waals surface area contributed by atoms with Crippen LogP contribution in [0.2, 0.25) is 0 Å². The van der Waals surface area contributed by atoms with Gasteiger partial charge in [0.15, 0.2) is 0 Å². The van der Waals surface area contributed by atoms with Gasteiger partial charge in [-0.1, -0.05) is 48.5 Å². The maximum atomic E-state index is 13.2. The van der Waals surface area contributed by atoms with Gasteiger partial charge in [-0.3, -0.25) is 9.59 Å². The third kappa shape index (κ3) is 3.22. The van der Waals surface area contributed by atoms with Gasteiger partial charge in [0.05, 0.1) is 11.6 Å². The van der Waals surface area contributed by atoms with Crippen molar-refractivity contribution in [2.45, 2.75) is 18.9 Å². The molecule has 0 aromatic heterocycles. The molecule has 0 spiro atoms. The predicted octanol–water partition coefficient (Wildman–Crippen LogP) is 2.83. The van der Waals surface area contributed by atoms with E-state index in [0.717, 1.165) is 5.56 Å². The third-order valence-corrected chi connectivity index (χ3v) is 5.16. The lowest BCUT2D eigenvalue weighted by Crippen LogP contribution is -2.64. The van der Waals surface area contributed by atoms with Gasteiger partial charge in [0.25, 0.3) is 11.8 Å². The van der Waals surface area contributed by atoms with Crippen LogP contribution in [0.4, 0.5) is 0 Å². The van der Waals surface area contributed by atoms with Crippen LogP contribution >= 0.6 is 0 Å². The van der Waals surface area contributed by atoms with E-state index in [0.29, 0.717) is 17.5 Å². The van der Waals surface area contributed by atoms with Crippen LogP contribution in [-0.4, -0.2) is 41.2 Å². The first-order valence-electron chi connectivity index (χ1n) is 8.69. The highest BCUT2D eigenvalue weighted by Gasteiger charge is 2.48. The van der Waals surface area contributed by atoms with Crippen molar-refractivity contribution in [3.05, 3.63) is 77.0 Å². The van der Waals surface area contributed by atoms with Crippen molar-refractivity contribution in [3.63, 3.8) is 0 Å². The molecule has 2 amide bonds. The van der Waals surface area contributed by atoms with Gasteiger partial charge in [-0.15, -0.1) is 0 Å². The van der Waals surface area contributed by atoms with E-state index in [1.165, 1.54) is 9.80 Å². The molecule has 1 saturated heterocycles. The summed E-state index contributed by atoms with van der Waals surface area (Å²) in [6.07, 6.45) is 2.04. The van der Waals surface area contributed by atoms with Gasteiger partial charge in [0.2, 0.25) is 0 Å². The van der Waals surface area contributed by atoms with Gasteiger partial charge < -0.3 is 9.80 Å². The smallest absolute Gasteiger partial charge is 0.271 e. The van der Waals surface area contributed by atoms with Crippen LogP contribution in [0.15, 0.2) is 60.3 Å². The highest BCUT2D eigenvalue weighted by atomic mass is 16.2. The fraction of sp³-hybridized carbons (Fsp3) is 0.227. The van der Waals surface area contributed by atoms with Crippen molar-refractivity contribution in [1.82, 2.24) is 9.80 Å². The standard InChI is InChI=1S/C22H21N3O2/c1-22(14-16-9-5-4-6-10-16)21(27)24(2)19(20(26)25(22)3)13-17-11-7-8-12-18(17)15-23/h4-13H,14H2,1-3H3. The van der Waals surface area contributed by atoms with Crippen LogP contribution in [0.25, 0.3) is 6.08 Å². The Hall–Kier alpha value is -3.39. The van der Waals surface area contributed by atoms with Gasteiger partial charge in [0, 0.05) is 20.5 Å². The second-order valence-corrected chi connectivity index (χ2v) is 6.89. The van der Waals surface area contributed by atoms with Crippen molar-refractivity contribution < 1.29 is 9.59 Å². The lowest BCUT2D eigenvalue weighted by atomic mass is 9.87. The number of carbonyl (C=O) groups is 2. The molecule has 1 aliphatic rings. The fourth-order valence-electron chi connectivity index (χ4n) is 3.37. The van der Waals surface area contributed by atoms with E-state index in [1.54, 1.807) is 51.4 Å². The number of nitriles is 1. The third-order valence-electron chi connectivity index (χ3n) is 5.16. The van der Waals surface area contributed by atoms with E-state index >= 15 is 0 Å². The summed E-state index contributed by atoms with van der Waals surface area (Å²) in [6.45, 7) is 1.79. The number of rotatable bonds is 3. The molecule has 0 bridgehead atoms. The molecular weight excluding hydrogens is 338 g/mol. The average molecular weight is 359 g/mol. The first-order valence-corrected chi connectivity index (χ1v) is 8.69. The van der Waals surface area contributed by atoms with Crippen molar-refractivity contribution in [2.75, 3.05) is 14.1 Å². The number of nitrogens with zero attached hydrogens (tertiary/aromatic N) is 3. The first kappa shape index (κ1) is 18.4. The van der Waals surface area contributed by atoms with E-state index in [1.807, 2.05) is 30.3 Å². The minimum atomic E-state index is -0.973. The Balaban J connectivity index is 2.00. The molecule has 1 heterocycles. The second-order valence-electron chi connectivity index (χ2n) is 6.89. The summed E-state index contributed by atoms with van der Waals surface area (Å²) in [5.41, 5.74) is 1.35. The first-order chi connectivity index (χ1) is 12.9. The number of piperazine rings is 1. The van der Waals surface area contributed by atoms with Crippen molar-refractivity contribution in [3.8, 4) is 6.07 Å². The summed E-state index contributed by atoms with van der Waals surface area (Å²) in [5.74, 6) is -0.405. The summed E-state index contributed by atoms with van der Waals surface area (Å²) >= 11 is 0. The Labute approximate surface area is 159 Å². The number of amides is 2. The predicted molar refractivity (Wildman–Crippen MR) is 103 cm³/mol. The lowest BCUT2D eigenvalue weighted by Gasteiger charge is -2.45. The van der Waals surface area contributed by atoms with Crippen LogP contribution in [0.5, 0.6) is 0 Å². The van der Waals surface area contributed by atoms with Gasteiger partial charge in [-0.25, -0.2) is 0 Å². The van der Waals surface area contributed by atoms with Crippen LogP contribution < -0.4 is 0 Å². The van der Waals surface area contributed by atoms with E-state index in [-0.39, 0.29) is 17.5 Å². The molecule has 0 aliphatic carbocycles. The van der Waals surface area contributed by atoms with E-state index < -0.39 is 5.54 Å². The Kier molecular flexibility index (Phi) is 4.83. The van der Waals surface area contributed by atoms with E-state index in [4.69, 9.17) is 0 Å². The molecule has 5 nitrogen and oxygen atoms in total. The minimum Gasteiger partial charge on any atom is -0.326 e. The van der Waals surface area contributed by atoms with Crippen LogP contribution in [0.3, 0.4) is 0 Å². The van der Waals surface area contributed by atoms with Crippen molar-refractivity contribution in [2.24, 2.45) is 0 Å². The molecule has 5 heteroatoms. The summed E-state index contributed by atoms with van der Waals surface area (Å²) in [7, 11) is 3.26. The zero-order valence-electron chi connectivity index (χ0n) is 15.6. The molecule has 1 unspecified atom stereocenters. The molecule has 0 N–H and O–H groups in total. The zero-order chi connectivity index (χ0) is 19.6. The Morgan fingerprint density at radius 1 is 1.04 bits per heavy atom. The molecule has 136 valence electrons. The van der Waals surface area contributed by atoms with Gasteiger partial charge >= 0.3 is 0 Å². The van der Waals surface area contributed by atoms with Gasteiger partial charge in [0.1, 0.15) is 11.2 Å². The zero-order valence-corrected chi connectivity index (χ0v) is 15.6. The van der Waals surface area contributed by atoms with Gasteiger partial charge in [-0.05, 0) is 30.2 Å². The maximum absolute atomic E-state index is 13.2. The summed E-state index contributed by atoms with van der Waals surface area (Å²) < 4.78 is 0. The number of likely N-dealkylation sites (N-methyl/N-ethyl adjacent to an activating group) is 2. The molecule has 2 aromatic carbocycles. The SMILES string of the molecule is CN1C(=O)C(C)(Cc2ccccc2)N(C)C(=O)C1=Cc1ccccc1C#N. The minimum absolute atomic E-state index is 0.158. The van der Waals surface area contributed by atoms with Gasteiger partial charge in [-0.2, -0.15) is 5.26 Å². The summed E-state index contributed by atoms with van der Waals surface area (Å²) in [6, 6.07) is 18.8. The van der Waals surface area contributed by atoms with Crippen LogP contribution in [0.1, 0.15) is 23.6 Å². The monoisotopic (exact) mass is 359 g/mol. The highest BCUT2D eigenvalue weighted by molar-refractivity contribution is 6.08. The number of hydrogen-bond acceptors (Lipinski definition) is 3. The van der Waals surface area contributed by atoms with Crippen LogP contribution in [0, 0.1) is 11.3 Å². The molecule has 1 aliphatic heterocycles. The summed E-state index contributed by atoms with van der Waals surface area (Å²) in [4.78, 5) is 29.2. The molecule has 0 saturated carbocycles. The summed E-state index contributed by atoms with van der Waals surface area (Å²) in [5, 5.41) is 9.28. The molecule has 1 fully saturated rings. The van der Waals surface area contributed by atoms with E-state index in [9.17, 15) is 14.9 Å². The topological polar surface area (TPSA) is 64.4 Å². The Morgan fingerprint density at radius 3 is 2.33 bits per heavy atom. The van der Waals surface area contributed by atoms with Crippen molar-refractivity contribution >= 4 is 17.9 Å². The fourth-order valence-corrected chi connectivity index (χ4v) is 3.37. The quantitative estimate of drug-likeness (QED) is 0.792. The molecule has 0 radical (unpaired) electrons. The molecule has 1 atom stereocenters. The Morgan fingerprint density at radius 2 is 1.67 bits per heavy atom. The largest absolute Gasteiger partial charge is 0.326 e. The number of hydrogen-bond donors (Lipinski definition) is 0. The molecular formula is C22H21N3O2. The number of benzene rings is 2. The number of carbonyl (C=O) groups excluding carboxylic acids is 2. The molecule has 27 heavy (non-hydrogen) atoms. The molecule has 2 aromatic rings. The van der Waals surface area contributed by atoms with Crippen LogP contribution in [-0.2, 0) is 16.0 Å². The molecule has 3 rings (SSSR count). The van der Waals surface area contributed by atoms with Crippen molar-refractivity contribution in [1.29, 1.82) is 5.26 Å². The average Bonchev–Trinajstić information content (AvgIpc) is 2.69. The van der Waals surface area contributed by atoms with E-state index in [2.05, 4.69) is 6.07 Å². The maximum Gasteiger partial charge on any atom is 0.271 e.